The third-order valence-electron chi connectivity index (χ3n) is 10.5. The molecule has 49 heavy (non-hydrogen) atoms. The van der Waals surface area contributed by atoms with E-state index < -0.39 is 15.3 Å². The first-order valence-corrected chi connectivity index (χ1v) is 17.7. The van der Waals surface area contributed by atoms with E-state index in [1.54, 1.807) is 6.07 Å². The first-order chi connectivity index (χ1) is 24.1. The fourth-order valence-corrected chi connectivity index (χ4v) is 10.3. The zero-order valence-electron chi connectivity index (χ0n) is 25.9. The molecule has 2 aliphatic rings. The first-order valence-electron chi connectivity index (χ1n) is 16.3. The van der Waals surface area contributed by atoms with Gasteiger partial charge < -0.3 is 13.7 Å². The standard InChI is InChI=1S/C43H25NO4S/c45-49(46)40-23-10-5-17-32(40)43(30-15-3-8-21-38(30)47-39-22-9-4-16-31(39)43)33-25-36-29(24-41(33)49)26-12-1-6-18-34(26)44(36)35-19-11-14-28-27-13-2-7-20-37(27)48-42(28)35/h1-25H. The maximum absolute atomic E-state index is 14.8. The van der Waals surface area contributed by atoms with Crippen molar-refractivity contribution >= 4 is 53.6 Å². The van der Waals surface area contributed by atoms with Gasteiger partial charge in [-0.25, -0.2) is 8.42 Å². The molecule has 0 saturated heterocycles. The second-order valence-corrected chi connectivity index (χ2v) is 14.7. The van der Waals surface area contributed by atoms with Gasteiger partial charge in [0.25, 0.3) is 0 Å². The molecule has 0 bridgehead atoms. The summed E-state index contributed by atoms with van der Waals surface area (Å²) in [4.78, 5) is 0.610. The minimum atomic E-state index is -3.92. The Bertz CT molecular complexity index is 2960. The van der Waals surface area contributed by atoms with Gasteiger partial charge in [-0.2, -0.15) is 0 Å². The van der Waals surface area contributed by atoms with Gasteiger partial charge in [0.1, 0.15) is 17.1 Å². The van der Waals surface area contributed by atoms with E-state index in [0.29, 0.717) is 32.4 Å². The Labute approximate surface area is 281 Å². The van der Waals surface area contributed by atoms with Crippen LogP contribution in [0.1, 0.15) is 22.3 Å². The fourth-order valence-electron chi connectivity index (χ4n) is 8.53. The molecule has 2 aromatic heterocycles. The summed E-state index contributed by atoms with van der Waals surface area (Å²) in [7, 11) is -3.92. The third kappa shape index (κ3) is 3.26. The van der Waals surface area contributed by atoms with E-state index in [2.05, 4.69) is 59.2 Å². The Morgan fingerprint density at radius 1 is 0.490 bits per heavy atom. The minimum Gasteiger partial charge on any atom is -0.457 e. The summed E-state index contributed by atoms with van der Waals surface area (Å²) in [5, 5.41) is 3.89. The average molecular weight is 652 g/mol. The van der Waals surface area contributed by atoms with Crippen LogP contribution in [0.2, 0.25) is 0 Å². The molecule has 0 aliphatic carbocycles. The number of nitrogens with zero attached hydrogens (tertiary/aromatic N) is 1. The van der Waals surface area contributed by atoms with Crippen LogP contribution in [0.15, 0.2) is 166 Å². The highest BCUT2D eigenvalue weighted by Gasteiger charge is 2.53. The predicted octanol–water partition coefficient (Wildman–Crippen LogP) is 10.3. The molecular weight excluding hydrogens is 627 g/mol. The van der Waals surface area contributed by atoms with Crippen LogP contribution in [-0.4, -0.2) is 13.0 Å². The Kier molecular flexibility index (Phi) is 5.09. The van der Waals surface area contributed by atoms with Crippen LogP contribution in [0, 0.1) is 0 Å². The quantitative estimate of drug-likeness (QED) is 0.177. The normalized spacial score (nSPS) is 15.2. The number of sulfone groups is 1. The Morgan fingerprint density at radius 2 is 1.12 bits per heavy atom. The van der Waals surface area contributed by atoms with Gasteiger partial charge in [-0.1, -0.05) is 103 Å². The van der Waals surface area contributed by atoms with Gasteiger partial charge in [-0.3, -0.25) is 0 Å². The lowest BCUT2D eigenvalue weighted by atomic mass is 9.63. The highest BCUT2D eigenvalue weighted by Crippen LogP contribution is 2.60. The zero-order valence-corrected chi connectivity index (χ0v) is 26.7. The largest absolute Gasteiger partial charge is 0.457 e. The van der Waals surface area contributed by atoms with E-state index in [4.69, 9.17) is 9.15 Å². The summed E-state index contributed by atoms with van der Waals surface area (Å²) in [5.41, 5.74) is 6.59. The van der Waals surface area contributed by atoms with E-state index in [1.165, 1.54) is 0 Å². The van der Waals surface area contributed by atoms with E-state index in [-0.39, 0.29) is 0 Å². The SMILES string of the molecule is O=S1(=O)c2ccccc2C2(c3ccccc3Oc3ccccc32)c2cc3c(cc21)c1ccccc1n3-c1cccc2c1oc1ccccc12. The maximum atomic E-state index is 14.8. The molecule has 0 unspecified atom stereocenters. The predicted molar refractivity (Wildman–Crippen MR) is 192 cm³/mol. The van der Waals surface area contributed by atoms with E-state index in [9.17, 15) is 8.42 Å². The smallest absolute Gasteiger partial charge is 0.207 e. The molecule has 0 saturated carbocycles. The number of benzene rings is 7. The van der Waals surface area contributed by atoms with Gasteiger partial charge in [0.2, 0.25) is 9.84 Å². The van der Waals surface area contributed by atoms with Crippen molar-refractivity contribution in [1.82, 2.24) is 4.57 Å². The van der Waals surface area contributed by atoms with Crippen LogP contribution in [-0.2, 0) is 15.3 Å². The number of hydrogen-bond donors (Lipinski definition) is 0. The number of hydrogen-bond acceptors (Lipinski definition) is 4. The summed E-state index contributed by atoms with van der Waals surface area (Å²) >= 11 is 0. The number of rotatable bonds is 1. The van der Waals surface area contributed by atoms with E-state index >= 15 is 0 Å². The number of fused-ring (bicyclic) bond motifs is 14. The molecule has 0 fully saturated rings. The fraction of sp³-hybridized carbons (Fsp3) is 0.0233. The van der Waals surface area contributed by atoms with Crippen molar-refractivity contribution in [2.45, 2.75) is 15.2 Å². The number of para-hydroxylation sites is 5. The molecule has 2 aliphatic heterocycles. The van der Waals surface area contributed by atoms with Crippen LogP contribution in [0.3, 0.4) is 0 Å². The Balaban J connectivity index is 1.36. The van der Waals surface area contributed by atoms with Gasteiger partial charge in [0.15, 0.2) is 5.58 Å². The monoisotopic (exact) mass is 651 g/mol. The molecule has 0 radical (unpaired) electrons. The number of furan rings is 1. The topological polar surface area (TPSA) is 61.4 Å². The molecule has 0 atom stereocenters. The van der Waals surface area contributed by atoms with Crippen molar-refractivity contribution in [2.75, 3.05) is 0 Å². The van der Waals surface area contributed by atoms with Gasteiger partial charge in [0, 0.05) is 32.7 Å². The molecule has 232 valence electrons. The summed E-state index contributed by atoms with van der Waals surface area (Å²) in [6.07, 6.45) is 0. The lowest BCUT2D eigenvalue weighted by Gasteiger charge is -2.45. The van der Waals surface area contributed by atoms with Crippen LogP contribution in [0.25, 0.3) is 49.4 Å². The second-order valence-electron chi connectivity index (χ2n) is 12.8. The minimum absolute atomic E-state index is 0.301. The molecule has 1 spiro atoms. The molecule has 7 aromatic carbocycles. The lowest BCUT2D eigenvalue weighted by Crippen LogP contribution is -2.39. The molecule has 9 aromatic rings. The zero-order chi connectivity index (χ0) is 32.5. The van der Waals surface area contributed by atoms with Crippen molar-refractivity contribution in [3.8, 4) is 17.2 Å². The molecule has 11 rings (SSSR count). The van der Waals surface area contributed by atoms with Crippen molar-refractivity contribution in [3.05, 3.63) is 174 Å². The Morgan fingerprint density at radius 3 is 1.92 bits per heavy atom. The third-order valence-corrected chi connectivity index (χ3v) is 12.3. The second kappa shape index (κ2) is 9.28. The van der Waals surface area contributed by atoms with E-state index in [0.717, 1.165) is 60.6 Å². The summed E-state index contributed by atoms with van der Waals surface area (Å²) in [6, 6.07) is 50.0. The summed E-state index contributed by atoms with van der Waals surface area (Å²) in [5.74, 6) is 1.41. The highest BCUT2D eigenvalue weighted by molar-refractivity contribution is 7.91. The van der Waals surface area contributed by atoms with Gasteiger partial charge in [0.05, 0.1) is 31.9 Å². The highest BCUT2D eigenvalue weighted by atomic mass is 32.2. The van der Waals surface area contributed by atoms with Crippen LogP contribution in [0.5, 0.6) is 11.5 Å². The average Bonchev–Trinajstić information content (AvgIpc) is 3.69. The lowest BCUT2D eigenvalue weighted by molar-refractivity contribution is 0.429. The molecule has 0 N–H and O–H groups in total. The summed E-state index contributed by atoms with van der Waals surface area (Å²) in [6.45, 7) is 0. The Hall–Kier alpha value is -6.11. The first kappa shape index (κ1) is 26.9. The van der Waals surface area contributed by atoms with Crippen molar-refractivity contribution in [3.63, 3.8) is 0 Å². The molecule has 5 nitrogen and oxygen atoms in total. The van der Waals surface area contributed by atoms with Crippen LogP contribution < -0.4 is 4.74 Å². The van der Waals surface area contributed by atoms with Crippen LogP contribution in [0.4, 0.5) is 0 Å². The summed E-state index contributed by atoms with van der Waals surface area (Å²) < 4.78 is 45.0. The number of ether oxygens (including phenoxy) is 1. The van der Waals surface area contributed by atoms with Crippen molar-refractivity contribution in [2.24, 2.45) is 0 Å². The maximum Gasteiger partial charge on any atom is 0.207 e. The van der Waals surface area contributed by atoms with Gasteiger partial charge in [-0.05, 0) is 59.7 Å². The molecule has 4 heterocycles. The molecule has 6 heteroatoms. The molecular formula is C43H25NO4S. The van der Waals surface area contributed by atoms with Crippen LogP contribution >= 0.6 is 0 Å². The van der Waals surface area contributed by atoms with E-state index in [1.807, 2.05) is 91.0 Å². The van der Waals surface area contributed by atoms with Gasteiger partial charge >= 0.3 is 0 Å². The van der Waals surface area contributed by atoms with Gasteiger partial charge in [-0.15, -0.1) is 0 Å². The molecule has 0 amide bonds. The number of aromatic nitrogens is 1. The van der Waals surface area contributed by atoms with Crippen molar-refractivity contribution < 1.29 is 17.6 Å². The van der Waals surface area contributed by atoms with Crippen molar-refractivity contribution in [1.29, 1.82) is 0 Å².